The lowest BCUT2D eigenvalue weighted by Crippen LogP contribution is -2.47. The van der Waals surface area contributed by atoms with E-state index in [0.29, 0.717) is 26.4 Å². The molecule has 1 fully saturated rings. The SMILES string of the molecule is CCOCc1nc2cnc3cc(Br)ccc3c2n1CC1(C)COC(C)(C)OC1. The van der Waals surface area contributed by atoms with Crippen molar-refractivity contribution in [3.63, 3.8) is 0 Å². The van der Waals surface area contributed by atoms with Crippen LogP contribution in [0.15, 0.2) is 28.9 Å². The third-order valence-corrected chi connectivity index (χ3v) is 5.62. The molecule has 1 saturated heterocycles. The van der Waals surface area contributed by atoms with Gasteiger partial charge in [0.25, 0.3) is 0 Å². The lowest BCUT2D eigenvalue weighted by Gasteiger charge is -2.41. The third-order valence-electron chi connectivity index (χ3n) is 5.13. The number of rotatable bonds is 5. The molecule has 2 aromatic heterocycles. The monoisotopic (exact) mass is 447 g/mol. The molecule has 0 radical (unpaired) electrons. The van der Waals surface area contributed by atoms with Gasteiger partial charge in [0.1, 0.15) is 17.9 Å². The summed E-state index contributed by atoms with van der Waals surface area (Å²) in [6, 6.07) is 6.17. The van der Waals surface area contributed by atoms with Crippen LogP contribution in [0.1, 0.15) is 33.5 Å². The molecule has 6 nitrogen and oxygen atoms in total. The number of hydrogen-bond donors (Lipinski definition) is 0. The zero-order valence-corrected chi connectivity index (χ0v) is 18.4. The topological polar surface area (TPSA) is 58.4 Å². The first-order valence-electron chi connectivity index (χ1n) is 9.59. The molecule has 150 valence electrons. The molecule has 0 amide bonds. The van der Waals surface area contributed by atoms with E-state index >= 15 is 0 Å². The molecule has 0 bridgehead atoms. The minimum absolute atomic E-state index is 0.158. The van der Waals surface area contributed by atoms with Crippen molar-refractivity contribution in [3.05, 3.63) is 34.7 Å². The summed E-state index contributed by atoms with van der Waals surface area (Å²) in [5, 5.41) is 1.08. The van der Waals surface area contributed by atoms with Crippen LogP contribution in [-0.4, -0.2) is 40.1 Å². The first-order chi connectivity index (χ1) is 13.3. The molecule has 0 atom stereocenters. The predicted molar refractivity (Wildman–Crippen MR) is 112 cm³/mol. The molecule has 0 aliphatic carbocycles. The Morgan fingerprint density at radius 3 is 2.64 bits per heavy atom. The highest BCUT2D eigenvalue weighted by Gasteiger charge is 2.37. The number of benzene rings is 1. The van der Waals surface area contributed by atoms with Gasteiger partial charge < -0.3 is 18.8 Å². The first kappa shape index (κ1) is 19.8. The van der Waals surface area contributed by atoms with Gasteiger partial charge in [0.2, 0.25) is 0 Å². The number of hydrogen-bond acceptors (Lipinski definition) is 5. The number of ether oxygens (including phenoxy) is 3. The highest BCUT2D eigenvalue weighted by molar-refractivity contribution is 9.10. The maximum absolute atomic E-state index is 5.96. The number of nitrogens with zero attached hydrogens (tertiary/aromatic N) is 3. The first-order valence-corrected chi connectivity index (χ1v) is 10.4. The maximum Gasteiger partial charge on any atom is 0.162 e. The fourth-order valence-electron chi connectivity index (χ4n) is 3.56. The largest absolute Gasteiger partial charge is 0.374 e. The van der Waals surface area contributed by atoms with Gasteiger partial charge in [-0.15, -0.1) is 0 Å². The molecule has 0 saturated carbocycles. The van der Waals surface area contributed by atoms with Gasteiger partial charge >= 0.3 is 0 Å². The van der Waals surface area contributed by atoms with Crippen LogP contribution in [0.2, 0.25) is 0 Å². The van der Waals surface area contributed by atoms with Gasteiger partial charge in [-0.3, -0.25) is 4.98 Å². The standard InChI is InChI=1S/C21H26BrN3O3/c1-5-26-10-18-24-17-9-23-16-8-14(22)6-7-15(16)19(17)25(18)11-21(4)12-27-20(2,3)28-13-21/h6-9H,5,10-13H2,1-4H3. The molecular formula is C21H26BrN3O3. The minimum Gasteiger partial charge on any atom is -0.374 e. The lowest BCUT2D eigenvalue weighted by atomic mass is 9.91. The zero-order chi connectivity index (χ0) is 19.9. The Morgan fingerprint density at radius 1 is 1.18 bits per heavy atom. The molecule has 0 unspecified atom stereocenters. The van der Waals surface area contributed by atoms with Gasteiger partial charge in [-0.25, -0.2) is 4.98 Å². The predicted octanol–water partition coefficient (Wildman–Crippen LogP) is 4.67. The van der Waals surface area contributed by atoms with E-state index in [1.54, 1.807) is 0 Å². The van der Waals surface area contributed by atoms with Gasteiger partial charge in [0.05, 0.1) is 30.4 Å². The Labute approximate surface area is 173 Å². The van der Waals surface area contributed by atoms with Gasteiger partial charge in [-0.1, -0.05) is 22.9 Å². The van der Waals surface area contributed by atoms with E-state index in [0.717, 1.165) is 38.8 Å². The average Bonchev–Trinajstić information content (AvgIpc) is 3.00. The van der Waals surface area contributed by atoms with Crippen molar-refractivity contribution < 1.29 is 14.2 Å². The van der Waals surface area contributed by atoms with Crippen LogP contribution >= 0.6 is 15.9 Å². The van der Waals surface area contributed by atoms with Crippen molar-refractivity contribution in [1.29, 1.82) is 0 Å². The quantitative estimate of drug-likeness (QED) is 0.568. The summed E-state index contributed by atoms with van der Waals surface area (Å²) in [4.78, 5) is 9.42. The Kier molecular flexibility index (Phi) is 5.20. The van der Waals surface area contributed by atoms with Gasteiger partial charge in [0.15, 0.2) is 5.79 Å². The molecule has 0 N–H and O–H groups in total. The Balaban J connectivity index is 1.82. The minimum atomic E-state index is -0.534. The van der Waals surface area contributed by atoms with Crippen LogP contribution in [0, 0.1) is 5.41 Å². The van der Waals surface area contributed by atoms with E-state index in [1.807, 2.05) is 39.1 Å². The Bertz CT molecular complexity index is 1000. The fourth-order valence-corrected chi connectivity index (χ4v) is 3.91. The molecule has 28 heavy (non-hydrogen) atoms. The van der Waals surface area contributed by atoms with Crippen LogP contribution in [0.3, 0.4) is 0 Å². The molecule has 1 aromatic carbocycles. The molecule has 3 aromatic rings. The molecule has 1 aliphatic rings. The highest BCUT2D eigenvalue weighted by atomic mass is 79.9. The van der Waals surface area contributed by atoms with E-state index in [9.17, 15) is 0 Å². The molecular weight excluding hydrogens is 422 g/mol. The van der Waals surface area contributed by atoms with Crippen molar-refractivity contribution in [2.75, 3.05) is 19.8 Å². The highest BCUT2D eigenvalue weighted by Crippen LogP contribution is 2.34. The third kappa shape index (κ3) is 3.81. The summed E-state index contributed by atoms with van der Waals surface area (Å²) in [7, 11) is 0. The molecule has 1 aliphatic heterocycles. The Morgan fingerprint density at radius 2 is 1.93 bits per heavy atom. The van der Waals surface area contributed by atoms with Gasteiger partial charge in [-0.2, -0.15) is 0 Å². The molecule has 7 heteroatoms. The van der Waals surface area contributed by atoms with Crippen LogP contribution in [0.4, 0.5) is 0 Å². The van der Waals surface area contributed by atoms with Crippen LogP contribution in [0.25, 0.3) is 21.9 Å². The number of imidazole rings is 1. The maximum atomic E-state index is 5.96. The van der Waals surface area contributed by atoms with Crippen LogP contribution in [0.5, 0.6) is 0 Å². The normalized spacial score (nSPS) is 18.8. The smallest absolute Gasteiger partial charge is 0.162 e. The van der Waals surface area contributed by atoms with Crippen LogP contribution < -0.4 is 0 Å². The molecule has 0 spiro atoms. The lowest BCUT2D eigenvalue weighted by molar-refractivity contribution is -0.284. The molecule has 4 rings (SSSR count). The van der Waals surface area contributed by atoms with Crippen molar-refractivity contribution >= 4 is 37.9 Å². The molecule has 3 heterocycles. The van der Waals surface area contributed by atoms with Crippen molar-refractivity contribution in [3.8, 4) is 0 Å². The summed E-state index contributed by atoms with van der Waals surface area (Å²) in [6.45, 7) is 11.2. The second-order valence-electron chi connectivity index (χ2n) is 8.19. The Hall–Kier alpha value is -1.54. The van der Waals surface area contributed by atoms with E-state index in [1.165, 1.54) is 0 Å². The van der Waals surface area contributed by atoms with Gasteiger partial charge in [-0.05, 0) is 39.0 Å². The van der Waals surface area contributed by atoms with E-state index in [2.05, 4.69) is 38.5 Å². The summed E-state index contributed by atoms with van der Waals surface area (Å²) >= 11 is 3.54. The van der Waals surface area contributed by atoms with Crippen molar-refractivity contribution in [2.24, 2.45) is 5.41 Å². The number of aromatic nitrogens is 3. The average molecular weight is 448 g/mol. The second-order valence-corrected chi connectivity index (χ2v) is 9.11. The summed E-state index contributed by atoms with van der Waals surface area (Å²) in [6.07, 6.45) is 1.84. The summed E-state index contributed by atoms with van der Waals surface area (Å²) < 4.78 is 20.9. The second kappa shape index (κ2) is 7.37. The van der Waals surface area contributed by atoms with Crippen LogP contribution in [-0.2, 0) is 27.4 Å². The van der Waals surface area contributed by atoms with E-state index in [4.69, 9.17) is 19.2 Å². The van der Waals surface area contributed by atoms with Gasteiger partial charge in [0, 0.05) is 28.4 Å². The number of fused-ring (bicyclic) bond motifs is 3. The van der Waals surface area contributed by atoms with E-state index < -0.39 is 5.79 Å². The van der Waals surface area contributed by atoms with E-state index in [-0.39, 0.29) is 5.41 Å². The van der Waals surface area contributed by atoms with Crippen molar-refractivity contribution in [2.45, 2.75) is 46.6 Å². The number of halogens is 1. The fraction of sp³-hybridized carbons (Fsp3) is 0.524. The summed E-state index contributed by atoms with van der Waals surface area (Å²) in [5.41, 5.74) is 2.74. The summed E-state index contributed by atoms with van der Waals surface area (Å²) in [5.74, 6) is 0.369. The number of pyridine rings is 1. The zero-order valence-electron chi connectivity index (χ0n) is 16.8. The van der Waals surface area contributed by atoms with Crippen molar-refractivity contribution in [1.82, 2.24) is 14.5 Å².